The minimum atomic E-state index is -3.64. The number of aromatic amines is 1. The van der Waals surface area contributed by atoms with Crippen molar-refractivity contribution >= 4 is 21.4 Å². The summed E-state index contributed by atoms with van der Waals surface area (Å²) < 4.78 is 27.5. The Morgan fingerprint density at radius 1 is 1.38 bits per heavy atom. The van der Waals surface area contributed by atoms with Gasteiger partial charge < -0.3 is 10.3 Å². The molecule has 7 heteroatoms. The Labute approximate surface area is 124 Å². The first-order valence-corrected chi connectivity index (χ1v) is 8.51. The van der Waals surface area contributed by atoms with Crippen LogP contribution in [0.15, 0.2) is 29.4 Å². The first kappa shape index (κ1) is 13.9. The fraction of sp³-hybridized carbons (Fsp3) is 0.357. The third-order valence-electron chi connectivity index (χ3n) is 3.55. The first-order valence-electron chi connectivity index (χ1n) is 7.02. The number of aryl methyl sites for hydroxylation is 2. The molecule has 2 aromatic rings. The molecule has 21 heavy (non-hydrogen) atoms. The van der Waals surface area contributed by atoms with Crippen molar-refractivity contribution < 1.29 is 8.42 Å². The normalized spacial score (nSPS) is 14.3. The molecule has 3 rings (SSSR count). The number of rotatable bonds is 4. The number of hydrogen-bond donors (Lipinski definition) is 3. The molecule has 6 nitrogen and oxygen atoms in total. The van der Waals surface area contributed by atoms with Crippen molar-refractivity contribution in [1.82, 2.24) is 9.97 Å². The van der Waals surface area contributed by atoms with Crippen molar-refractivity contribution in [2.75, 3.05) is 16.6 Å². The van der Waals surface area contributed by atoms with Gasteiger partial charge in [-0.15, -0.1) is 0 Å². The molecule has 1 aromatic heterocycles. The third kappa shape index (κ3) is 2.73. The van der Waals surface area contributed by atoms with Crippen LogP contribution in [0.25, 0.3) is 0 Å². The van der Waals surface area contributed by atoms with Crippen molar-refractivity contribution in [1.29, 1.82) is 0 Å². The minimum absolute atomic E-state index is 0.0905. The van der Waals surface area contributed by atoms with E-state index in [2.05, 4.69) is 20.0 Å². The summed E-state index contributed by atoms with van der Waals surface area (Å²) in [5.41, 5.74) is 2.60. The number of imidazole rings is 1. The molecule has 1 aliphatic heterocycles. The number of H-pyrrole nitrogens is 1. The van der Waals surface area contributed by atoms with Crippen LogP contribution in [0.2, 0.25) is 0 Å². The molecule has 1 aliphatic rings. The van der Waals surface area contributed by atoms with Gasteiger partial charge >= 0.3 is 0 Å². The number of aromatic nitrogens is 2. The second kappa shape index (κ2) is 5.40. The molecule has 0 spiro atoms. The fourth-order valence-electron chi connectivity index (χ4n) is 2.45. The maximum absolute atomic E-state index is 12.4. The second-order valence-electron chi connectivity index (χ2n) is 5.02. The number of anilines is 2. The standard InChI is InChI=1S/C14H18N4O2S/c1-2-12-16-9-13(17-12)21(19,20)18-11-7-3-5-10-6-4-8-15-14(10)11/h3,5,7,9,15,18H,2,4,6,8H2,1H3,(H,16,17). The molecule has 1 aromatic carbocycles. The molecule has 3 N–H and O–H groups in total. The quantitative estimate of drug-likeness (QED) is 0.807. The summed E-state index contributed by atoms with van der Waals surface area (Å²) in [5.74, 6) is 0.656. The van der Waals surface area contributed by atoms with Crippen molar-refractivity contribution in [2.24, 2.45) is 0 Å². The Balaban J connectivity index is 1.92. The average molecular weight is 306 g/mol. The van der Waals surface area contributed by atoms with Crippen LogP contribution in [0, 0.1) is 0 Å². The van der Waals surface area contributed by atoms with E-state index in [-0.39, 0.29) is 5.03 Å². The summed E-state index contributed by atoms with van der Waals surface area (Å²) in [7, 11) is -3.64. The summed E-state index contributed by atoms with van der Waals surface area (Å²) in [6.07, 6.45) is 4.04. The van der Waals surface area contributed by atoms with E-state index in [0.717, 1.165) is 30.6 Å². The van der Waals surface area contributed by atoms with E-state index in [1.54, 1.807) is 6.07 Å². The van der Waals surface area contributed by atoms with Crippen LogP contribution in [-0.4, -0.2) is 24.9 Å². The number of fused-ring (bicyclic) bond motifs is 1. The van der Waals surface area contributed by atoms with Crippen molar-refractivity contribution in [3.05, 3.63) is 35.8 Å². The van der Waals surface area contributed by atoms with Gasteiger partial charge in [-0.25, -0.2) is 4.98 Å². The van der Waals surface area contributed by atoms with Crippen LogP contribution < -0.4 is 10.0 Å². The van der Waals surface area contributed by atoms with Crippen LogP contribution >= 0.6 is 0 Å². The molecule has 0 radical (unpaired) electrons. The molecule has 0 amide bonds. The van der Waals surface area contributed by atoms with Crippen LogP contribution in [0.3, 0.4) is 0 Å². The largest absolute Gasteiger partial charge is 0.383 e. The van der Waals surface area contributed by atoms with Gasteiger partial charge in [0.1, 0.15) is 5.82 Å². The zero-order valence-electron chi connectivity index (χ0n) is 11.8. The van der Waals surface area contributed by atoms with Gasteiger partial charge in [0.05, 0.1) is 17.6 Å². The highest BCUT2D eigenvalue weighted by Gasteiger charge is 2.20. The zero-order chi connectivity index (χ0) is 14.9. The Kier molecular flexibility index (Phi) is 3.59. The lowest BCUT2D eigenvalue weighted by atomic mass is 10.0. The van der Waals surface area contributed by atoms with Crippen molar-refractivity contribution in [3.8, 4) is 0 Å². The number of nitrogens with one attached hydrogen (secondary N) is 3. The molecule has 0 fully saturated rings. The van der Waals surface area contributed by atoms with Gasteiger partial charge in [0.2, 0.25) is 0 Å². The average Bonchev–Trinajstić information content (AvgIpc) is 2.97. The van der Waals surface area contributed by atoms with Gasteiger partial charge in [-0.2, -0.15) is 8.42 Å². The maximum atomic E-state index is 12.4. The Hall–Kier alpha value is -2.02. The van der Waals surface area contributed by atoms with Gasteiger partial charge in [-0.1, -0.05) is 19.1 Å². The van der Waals surface area contributed by atoms with E-state index in [0.29, 0.717) is 17.9 Å². The van der Waals surface area contributed by atoms with E-state index in [4.69, 9.17) is 0 Å². The number of hydrogen-bond acceptors (Lipinski definition) is 4. The highest BCUT2D eigenvalue weighted by atomic mass is 32.2. The molecule has 0 atom stereocenters. The van der Waals surface area contributed by atoms with Crippen LogP contribution in [0.5, 0.6) is 0 Å². The van der Waals surface area contributed by atoms with E-state index < -0.39 is 10.0 Å². The topological polar surface area (TPSA) is 86.9 Å². The van der Waals surface area contributed by atoms with Gasteiger partial charge in [0.25, 0.3) is 10.0 Å². The Morgan fingerprint density at radius 2 is 2.24 bits per heavy atom. The summed E-state index contributed by atoms with van der Waals surface area (Å²) in [5, 5.41) is 3.36. The molecular formula is C14H18N4O2S. The van der Waals surface area contributed by atoms with Gasteiger partial charge in [-0.3, -0.25) is 4.72 Å². The lowest BCUT2D eigenvalue weighted by Crippen LogP contribution is -2.18. The Bertz CT molecular complexity index is 752. The fourth-order valence-corrected chi connectivity index (χ4v) is 3.47. The first-order chi connectivity index (χ1) is 10.1. The molecule has 112 valence electrons. The van der Waals surface area contributed by atoms with Crippen LogP contribution in [0.1, 0.15) is 24.7 Å². The van der Waals surface area contributed by atoms with Crippen LogP contribution in [0.4, 0.5) is 11.4 Å². The summed E-state index contributed by atoms with van der Waals surface area (Å²) >= 11 is 0. The Morgan fingerprint density at radius 3 is 3.00 bits per heavy atom. The SMILES string of the molecule is CCc1ncc(S(=O)(=O)Nc2cccc3c2NCCC3)[nH]1. The van der Waals surface area contributed by atoms with E-state index >= 15 is 0 Å². The maximum Gasteiger partial charge on any atom is 0.279 e. The van der Waals surface area contributed by atoms with Crippen LogP contribution in [-0.2, 0) is 22.9 Å². The predicted octanol–water partition coefficient (Wildman–Crippen LogP) is 2.13. The van der Waals surface area contributed by atoms with Gasteiger partial charge in [0, 0.05) is 13.0 Å². The van der Waals surface area contributed by atoms with Crippen molar-refractivity contribution in [2.45, 2.75) is 31.2 Å². The third-order valence-corrected chi connectivity index (χ3v) is 4.82. The molecule has 0 saturated heterocycles. The molecule has 2 heterocycles. The van der Waals surface area contributed by atoms with E-state index in [1.165, 1.54) is 6.20 Å². The number of sulfonamides is 1. The predicted molar refractivity (Wildman–Crippen MR) is 82.0 cm³/mol. The molecule has 0 unspecified atom stereocenters. The number of nitrogens with zero attached hydrogens (tertiary/aromatic N) is 1. The van der Waals surface area contributed by atoms with Crippen molar-refractivity contribution in [3.63, 3.8) is 0 Å². The highest BCUT2D eigenvalue weighted by molar-refractivity contribution is 7.92. The lowest BCUT2D eigenvalue weighted by molar-refractivity contribution is 0.598. The highest BCUT2D eigenvalue weighted by Crippen LogP contribution is 2.31. The zero-order valence-corrected chi connectivity index (χ0v) is 12.6. The lowest BCUT2D eigenvalue weighted by Gasteiger charge is -2.21. The number of benzene rings is 1. The van der Waals surface area contributed by atoms with Gasteiger partial charge in [-0.05, 0) is 24.5 Å². The molecule has 0 aliphatic carbocycles. The van der Waals surface area contributed by atoms with E-state index in [9.17, 15) is 8.42 Å². The van der Waals surface area contributed by atoms with E-state index in [1.807, 2.05) is 19.1 Å². The molecule has 0 saturated carbocycles. The van der Waals surface area contributed by atoms with Gasteiger partial charge in [0.15, 0.2) is 5.03 Å². The number of para-hydroxylation sites is 1. The molecule has 0 bridgehead atoms. The molecular weight excluding hydrogens is 288 g/mol. The monoisotopic (exact) mass is 306 g/mol. The summed E-state index contributed by atoms with van der Waals surface area (Å²) in [6.45, 7) is 2.77. The summed E-state index contributed by atoms with van der Waals surface area (Å²) in [4.78, 5) is 6.86. The smallest absolute Gasteiger partial charge is 0.279 e. The second-order valence-corrected chi connectivity index (χ2v) is 6.67. The summed E-state index contributed by atoms with van der Waals surface area (Å²) in [6, 6.07) is 5.66. The minimum Gasteiger partial charge on any atom is -0.383 e.